The second kappa shape index (κ2) is 7.88. The molecule has 0 aliphatic rings. The Kier molecular flexibility index (Phi) is 5.88. The monoisotopic (exact) mass is 315 g/mol. The largest absolute Gasteiger partial charge is 0.388 e. The predicted molar refractivity (Wildman–Crippen MR) is 88.4 cm³/mol. The SMILES string of the molecule is CC(CC(O)c1ccccc1)NC(=O)C(C)c1ccccc1F. The first-order valence-electron chi connectivity index (χ1n) is 7.77. The van der Waals surface area contributed by atoms with Crippen LogP contribution in [-0.2, 0) is 4.79 Å². The Morgan fingerprint density at radius 1 is 1.09 bits per heavy atom. The van der Waals surface area contributed by atoms with Crippen LogP contribution in [-0.4, -0.2) is 17.1 Å². The van der Waals surface area contributed by atoms with Crippen molar-refractivity contribution >= 4 is 5.91 Å². The number of nitrogens with one attached hydrogen (secondary N) is 1. The Labute approximate surface area is 136 Å². The average Bonchev–Trinajstić information content (AvgIpc) is 2.55. The van der Waals surface area contributed by atoms with Crippen molar-refractivity contribution in [1.29, 1.82) is 0 Å². The number of halogens is 1. The van der Waals surface area contributed by atoms with Gasteiger partial charge in [-0.15, -0.1) is 0 Å². The number of carbonyl (C=O) groups is 1. The maximum Gasteiger partial charge on any atom is 0.227 e. The lowest BCUT2D eigenvalue weighted by molar-refractivity contribution is -0.123. The third-order valence-corrected chi connectivity index (χ3v) is 3.91. The highest BCUT2D eigenvalue weighted by Gasteiger charge is 2.21. The molecule has 2 N–H and O–H groups in total. The molecule has 0 saturated carbocycles. The van der Waals surface area contributed by atoms with Gasteiger partial charge in [0.25, 0.3) is 0 Å². The molecule has 0 aromatic heterocycles. The summed E-state index contributed by atoms with van der Waals surface area (Å²) in [5.41, 5.74) is 1.19. The zero-order valence-corrected chi connectivity index (χ0v) is 13.4. The molecule has 2 aromatic rings. The number of hydrogen-bond donors (Lipinski definition) is 2. The van der Waals surface area contributed by atoms with Gasteiger partial charge >= 0.3 is 0 Å². The number of aliphatic hydroxyl groups excluding tert-OH is 1. The zero-order valence-electron chi connectivity index (χ0n) is 13.4. The zero-order chi connectivity index (χ0) is 16.8. The summed E-state index contributed by atoms with van der Waals surface area (Å²) in [6.45, 7) is 3.51. The van der Waals surface area contributed by atoms with Gasteiger partial charge in [-0.2, -0.15) is 0 Å². The van der Waals surface area contributed by atoms with Gasteiger partial charge in [-0.1, -0.05) is 48.5 Å². The summed E-state index contributed by atoms with van der Waals surface area (Å²) < 4.78 is 13.7. The van der Waals surface area contributed by atoms with Crippen LogP contribution in [0.25, 0.3) is 0 Å². The van der Waals surface area contributed by atoms with Crippen molar-refractivity contribution < 1.29 is 14.3 Å². The summed E-state index contributed by atoms with van der Waals surface area (Å²) in [5, 5.41) is 13.0. The highest BCUT2D eigenvalue weighted by atomic mass is 19.1. The van der Waals surface area contributed by atoms with E-state index in [1.807, 2.05) is 37.3 Å². The Morgan fingerprint density at radius 2 is 1.70 bits per heavy atom. The van der Waals surface area contributed by atoms with E-state index < -0.39 is 12.0 Å². The van der Waals surface area contributed by atoms with Crippen LogP contribution < -0.4 is 5.32 Å². The van der Waals surface area contributed by atoms with Crippen LogP contribution in [0.1, 0.15) is 43.4 Å². The first-order valence-corrected chi connectivity index (χ1v) is 7.77. The van der Waals surface area contributed by atoms with E-state index in [2.05, 4.69) is 5.32 Å². The highest BCUT2D eigenvalue weighted by Crippen LogP contribution is 2.21. The van der Waals surface area contributed by atoms with Gasteiger partial charge in [0, 0.05) is 6.04 Å². The summed E-state index contributed by atoms with van der Waals surface area (Å²) in [7, 11) is 0. The van der Waals surface area contributed by atoms with E-state index in [-0.39, 0.29) is 17.8 Å². The quantitative estimate of drug-likeness (QED) is 0.856. The fourth-order valence-corrected chi connectivity index (χ4v) is 2.54. The van der Waals surface area contributed by atoms with Crippen LogP contribution in [0, 0.1) is 5.82 Å². The number of carbonyl (C=O) groups excluding carboxylic acids is 1. The van der Waals surface area contributed by atoms with Crippen LogP contribution in [0.15, 0.2) is 54.6 Å². The Balaban J connectivity index is 1.93. The Morgan fingerprint density at radius 3 is 2.35 bits per heavy atom. The first-order chi connectivity index (χ1) is 11.0. The molecule has 3 atom stereocenters. The van der Waals surface area contributed by atoms with Gasteiger partial charge in [-0.3, -0.25) is 4.79 Å². The van der Waals surface area contributed by atoms with E-state index in [1.54, 1.807) is 25.1 Å². The number of rotatable bonds is 6. The molecule has 2 aromatic carbocycles. The number of hydrogen-bond acceptors (Lipinski definition) is 2. The Hall–Kier alpha value is -2.20. The first kappa shape index (κ1) is 17.2. The summed E-state index contributed by atoms with van der Waals surface area (Å²) >= 11 is 0. The van der Waals surface area contributed by atoms with Gasteiger partial charge in [0.05, 0.1) is 12.0 Å². The van der Waals surface area contributed by atoms with Crippen molar-refractivity contribution in [2.24, 2.45) is 0 Å². The van der Waals surface area contributed by atoms with Gasteiger partial charge in [0.1, 0.15) is 5.82 Å². The second-order valence-electron chi connectivity index (χ2n) is 5.82. The smallest absolute Gasteiger partial charge is 0.227 e. The van der Waals surface area contributed by atoms with Gasteiger partial charge in [-0.05, 0) is 37.5 Å². The lowest BCUT2D eigenvalue weighted by Gasteiger charge is -2.21. The molecule has 3 unspecified atom stereocenters. The predicted octanol–water partition coefficient (Wildman–Crippen LogP) is 3.56. The fraction of sp³-hybridized carbons (Fsp3) is 0.316. The van der Waals surface area contributed by atoms with Crippen LogP contribution in [0.5, 0.6) is 0 Å². The van der Waals surface area contributed by atoms with E-state index in [1.165, 1.54) is 6.07 Å². The van der Waals surface area contributed by atoms with Crippen molar-refractivity contribution in [2.45, 2.75) is 38.3 Å². The van der Waals surface area contributed by atoms with E-state index in [0.29, 0.717) is 12.0 Å². The molecule has 0 spiro atoms. The molecule has 23 heavy (non-hydrogen) atoms. The van der Waals surface area contributed by atoms with Crippen LogP contribution in [0.4, 0.5) is 4.39 Å². The molecule has 0 heterocycles. The maximum atomic E-state index is 13.7. The van der Waals surface area contributed by atoms with Crippen LogP contribution in [0.2, 0.25) is 0 Å². The van der Waals surface area contributed by atoms with Crippen LogP contribution in [0.3, 0.4) is 0 Å². The third kappa shape index (κ3) is 4.63. The topological polar surface area (TPSA) is 49.3 Å². The standard InChI is InChI=1S/C19H22FNO2/c1-13(12-18(22)15-8-4-3-5-9-15)21-19(23)14(2)16-10-6-7-11-17(16)20/h3-11,13-14,18,22H,12H2,1-2H3,(H,21,23). The minimum absolute atomic E-state index is 0.216. The Bertz CT molecular complexity index is 645. The van der Waals surface area contributed by atoms with Crippen molar-refractivity contribution in [1.82, 2.24) is 5.32 Å². The number of aliphatic hydroxyl groups is 1. The lowest BCUT2D eigenvalue weighted by Crippen LogP contribution is -2.36. The molecule has 3 nitrogen and oxygen atoms in total. The van der Waals surface area contributed by atoms with E-state index in [4.69, 9.17) is 0 Å². The minimum Gasteiger partial charge on any atom is -0.388 e. The van der Waals surface area contributed by atoms with Crippen molar-refractivity contribution in [2.75, 3.05) is 0 Å². The lowest BCUT2D eigenvalue weighted by atomic mass is 9.98. The summed E-state index contributed by atoms with van der Waals surface area (Å²) in [6, 6.07) is 15.4. The van der Waals surface area contributed by atoms with Crippen molar-refractivity contribution in [3.05, 3.63) is 71.5 Å². The fourth-order valence-electron chi connectivity index (χ4n) is 2.54. The van der Waals surface area contributed by atoms with E-state index in [9.17, 15) is 14.3 Å². The minimum atomic E-state index is -0.643. The molecule has 0 aliphatic carbocycles. The molecule has 4 heteroatoms. The number of amides is 1. The van der Waals surface area contributed by atoms with Crippen LogP contribution >= 0.6 is 0 Å². The molecular formula is C19H22FNO2. The molecular weight excluding hydrogens is 293 g/mol. The molecule has 0 radical (unpaired) electrons. The van der Waals surface area contributed by atoms with Gasteiger partial charge in [0.2, 0.25) is 5.91 Å². The van der Waals surface area contributed by atoms with Gasteiger partial charge in [0.15, 0.2) is 0 Å². The van der Waals surface area contributed by atoms with Crippen molar-refractivity contribution in [3.8, 4) is 0 Å². The molecule has 122 valence electrons. The third-order valence-electron chi connectivity index (χ3n) is 3.91. The van der Waals surface area contributed by atoms with Gasteiger partial charge < -0.3 is 10.4 Å². The normalized spacial score (nSPS) is 14.8. The molecule has 0 bridgehead atoms. The average molecular weight is 315 g/mol. The summed E-state index contributed by atoms with van der Waals surface area (Å²) in [4.78, 5) is 12.3. The molecule has 2 rings (SSSR count). The molecule has 0 fully saturated rings. The summed E-state index contributed by atoms with van der Waals surface area (Å²) in [6.07, 6.45) is -0.241. The highest BCUT2D eigenvalue weighted by molar-refractivity contribution is 5.83. The second-order valence-corrected chi connectivity index (χ2v) is 5.82. The van der Waals surface area contributed by atoms with E-state index >= 15 is 0 Å². The van der Waals surface area contributed by atoms with Gasteiger partial charge in [-0.25, -0.2) is 4.39 Å². The number of benzene rings is 2. The molecule has 1 amide bonds. The summed E-state index contributed by atoms with van der Waals surface area (Å²) in [5.74, 6) is -1.21. The maximum absolute atomic E-state index is 13.7. The van der Waals surface area contributed by atoms with Crippen molar-refractivity contribution in [3.63, 3.8) is 0 Å². The van der Waals surface area contributed by atoms with E-state index in [0.717, 1.165) is 5.56 Å². The molecule has 0 aliphatic heterocycles. The molecule has 0 saturated heterocycles.